The van der Waals surface area contributed by atoms with E-state index in [-0.39, 0.29) is 11.5 Å². The molecule has 2 saturated heterocycles. The average molecular weight is 240 g/mol. The minimum atomic E-state index is -0.756. The minimum absolute atomic E-state index is 0.0146. The van der Waals surface area contributed by atoms with Crippen molar-refractivity contribution in [1.82, 2.24) is 10.2 Å². The summed E-state index contributed by atoms with van der Waals surface area (Å²) in [7, 11) is 0. The summed E-state index contributed by atoms with van der Waals surface area (Å²) in [5.74, 6) is 1.18. The molecule has 0 aromatic heterocycles. The fourth-order valence-corrected chi connectivity index (χ4v) is 3.66. The second-order valence-electron chi connectivity index (χ2n) is 6.49. The Labute approximate surface area is 103 Å². The summed E-state index contributed by atoms with van der Waals surface area (Å²) in [6.07, 6.45) is 1.48. The number of likely N-dealkylation sites (tertiary alicyclic amines) is 1. The van der Waals surface area contributed by atoms with E-state index in [2.05, 4.69) is 26.1 Å². The maximum atomic E-state index is 11.4. The van der Waals surface area contributed by atoms with E-state index < -0.39 is 6.09 Å². The molecular weight excluding hydrogens is 216 g/mol. The lowest BCUT2D eigenvalue weighted by Gasteiger charge is -2.51. The van der Waals surface area contributed by atoms with Gasteiger partial charge in [-0.1, -0.05) is 20.8 Å². The van der Waals surface area contributed by atoms with Crippen LogP contribution in [0.3, 0.4) is 0 Å². The van der Waals surface area contributed by atoms with Crippen molar-refractivity contribution < 1.29 is 9.90 Å². The van der Waals surface area contributed by atoms with Crippen molar-refractivity contribution in [3.8, 4) is 0 Å². The maximum Gasteiger partial charge on any atom is 0.407 e. The molecule has 0 radical (unpaired) electrons. The first-order valence-electron chi connectivity index (χ1n) is 6.61. The number of fused-ring (bicyclic) bond motifs is 1. The fourth-order valence-electron chi connectivity index (χ4n) is 3.66. The van der Waals surface area contributed by atoms with Gasteiger partial charge < -0.3 is 15.3 Å². The summed E-state index contributed by atoms with van der Waals surface area (Å²) in [5.41, 5.74) is 0.0146. The summed E-state index contributed by atoms with van der Waals surface area (Å²) in [5, 5.41) is 12.8. The van der Waals surface area contributed by atoms with E-state index >= 15 is 0 Å². The van der Waals surface area contributed by atoms with Crippen LogP contribution in [0, 0.1) is 17.3 Å². The number of hydrogen-bond donors (Lipinski definition) is 2. The molecule has 2 N–H and O–H groups in total. The lowest BCUT2D eigenvalue weighted by atomic mass is 9.67. The average Bonchev–Trinajstić information content (AvgIpc) is 2.26. The van der Waals surface area contributed by atoms with Crippen molar-refractivity contribution in [3.63, 3.8) is 0 Å². The zero-order valence-corrected chi connectivity index (χ0v) is 11.1. The molecule has 0 aromatic rings. The van der Waals surface area contributed by atoms with E-state index in [1.807, 2.05) is 0 Å². The van der Waals surface area contributed by atoms with Crippen LogP contribution in [0.25, 0.3) is 0 Å². The van der Waals surface area contributed by atoms with Crippen LogP contribution in [0.1, 0.15) is 33.6 Å². The molecule has 98 valence electrons. The van der Waals surface area contributed by atoms with Gasteiger partial charge in [0.25, 0.3) is 0 Å². The Hall–Kier alpha value is -0.770. The van der Waals surface area contributed by atoms with Gasteiger partial charge in [0.15, 0.2) is 0 Å². The van der Waals surface area contributed by atoms with Crippen molar-refractivity contribution in [2.24, 2.45) is 17.3 Å². The fraction of sp³-hybridized carbons (Fsp3) is 0.923. The second kappa shape index (κ2) is 4.48. The number of nitrogens with zero attached hydrogens (tertiary/aromatic N) is 1. The van der Waals surface area contributed by atoms with E-state index in [0.717, 1.165) is 19.5 Å². The first-order valence-corrected chi connectivity index (χ1v) is 6.61. The van der Waals surface area contributed by atoms with Gasteiger partial charge in [-0.2, -0.15) is 0 Å². The summed E-state index contributed by atoms with van der Waals surface area (Å²) in [6.45, 7) is 9.24. The van der Waals surface area contributed by atoms with Gasteiger partial charge in [-0.25, -0.2) is 4.79 Å². The summed E-state index contributed by atoms with van der Waals surface area (Å²) in [6, 6.07) is 0.145. The molecule has 3 atom stereocenters. The highest BCUT2D eigenvalue weighted by molar-refractivity contribution is 5.65. The molecule has 0 spiro atoms. The number of piperidine rings is 2. The van der Waals surface area contributed by atoms with Crippen LogP contribution >= 0.6 is 0 Å². The first kappa shape index (κ1) is 12.7. The van der Waals surface area contributed by atoms with E-state index in [9.17, 15) is 9.90 Å². The largest absolute Gasteiger partial charge is 0.465 e. The standard InChI is InChI=1S/C13H24N2O2/c1-13(2,3)11-10-8-14-6-4-9(10)5-7-15(11)12(16)17/h9-11,14H,4-8H2,1-3H3,(H,16,17). The molecule has 0 aromatic carbocycles. The van der Waals surface area contributed by atoms with Gasteiger partial charge >= 0.3 is 6.09 Å². The van der Waals surface area contributed by atoms with Crippen molar-refractivity contribution in [1.29, 1.82) is 0 Å². The van der Waals surface area contributed by atoms with Crippen molar-refractivity contribution in [2.45, 2.75) is 39.7 Å². The lowest BCUT2D eigenvalue weighted by molar-refractivity contribution is -0.0151. The number of nitrogens with one attached hydrogen (secondary N) is 1. The van der Waals surface area contributed by atoms with Gasteiger partial charge in [0.2, 0.25) is 0 Å². The molecule has 2 heterocycles. The number of carboxylic acid groups (broad SMARTS) is 1. The van der Waals surface area contributed by atoms with Gasteiger partial charge in [0.05, 0.1) is 0 Å². The van der Waals surface area contributed by atoms with Crippen LogP contribution in [0.2, 0.25) is 0 Å². The van der Waals surface area contributed by atoms with Crippen LogP contribution in [0.15, 0.2) is 0 Å². The molecule has 2 aliphatic heterocycles. The SMILES string of the molecule is CC(C)(C)C1C2CNCCC2CCN1C(=O)O. The third kappa shape index (κ3) is 2.41. The summed E-state index contributed by atoms with van der Waals surface area (Å²) in [4.78, 5) is 13.1. The smallest absolute Gasteiger partial charge is 0.407 e. The Morgan fingerprint density at radius 3 is 2.65 bits per heavy atom. The molecule has 2 rings (SSSR count). The summed E-state index contributed by atoms with van der Waals surface area (Å²) < 4.78 is 0. The molecular formula is C13H24N2O2. The normalized spacial score (nSPS) is 34.3. The summed E-state index contributed by atoms with van der Waals surface area (Å²) >= 11 is 0. The molecule has 2 fully saturated rings. The zero-order valence-electron chi connectivity index (χ0n) is 11.1. The third-order valence-corrected chi connectivity index (χ3v) is 4.29. The number of hydrogen-bond acceptors (Lipinski definition) is 2. The second-order valence-corrected chi connectivity index (χ2v) is 6.49. The van der Waals surface area contributed by atoms with Crippen molar-refractivity contribution in [2.75, 3.05) is 19.6 Å². The predicted molar refractivity (Wildman–Crippen MR) is 67.1 cm³/mol. The number of rotatable bonds is 0. The minimum Gasteiger partial charge on any atom is -0.465 e. The van der Waals surface area contributed by atoms with Crippen molar-refractivity contribution >= 4 is 6.09 Å². The highest BCUT2D eigenvalue weighted by Gasteiger charge is 2.46. The monoisotopic (exact) mass is 240 g/mol. The van der Waals surface area contributed by atoms with E-state index in [0.29, 0.717) is 18.4 Å². The maximum absolute atomic E-state index is 11.4. The third-order valence-electron chi connectivity index (χ3n) is 4.29. The van der Waals surface area contributed by atoms with Crippen LogP contribution in [-0.2, 0) is 0 Å². The Kier molecular flexibility index (Phi) is 3.34. The molecule has 1 amide bonds. The molecule has 4 nitrogen and oxygen atoms in total. The molecule has 0 aliphatic carbocycles. The van der Waals surface area contributed by atoms with Crippen molar-refractivity contribution in [3.05, 3.63) is 0 Å². The Morgan fingerprint density at radius 2 is 2.06 bits per heavy atom. The van der Waals surface area contributed by atoms with Gasteiger partial charge in [-0.3, -0.25) is 0 Å². The molecule has 4 heteroatoms. The van der Waals surface area contributed by atoms with Crippen LogP contribution < -0.4 is 5.32 Å². The van der Waals surface area contributed by atoms with Gasteiger partial charge in [0.1, 0.15) is 0 Å². The van der Waals surface area contributed by atoms with E-state index in [1.165, 1.54) is 6.42 Å². The molecule has 0 bridgehead atoms. The first-order chi connectivity index (χ1) is 7.91. The van der Waals surface area contributed by atoms with Gasteiger partial charge in [-0.15, -0.1) is 0 Å². The number of amides is 1. The van der Waals surface area contributed by atoms with E-state index in [1.54, 1.807) is 4.90 Å². The van der Waals surface area contributed by atoms with Gasteiger partial charge in [-0.05, 0) is 36.6 Å². The molecule has 0 saturated carbocycles. The highest BCUT2D eigenvalue weighted by atomic mass is 16.4. The number of carbonyl (C=O) groups is 1. The molecule has 2 aliphatic rings. The van der Waals surface area contributed by atoms with Crippen LogP contribution in [0.4, 0.5) is 4.79 Å². The molecule has 3 unspecified atom stereocenters. The topological polar surface area (TPSA) is 52.6 Å². The Bertz CT molecular complexity index is 298. The van der Waals surface area contributed by atoms with Crippen LogP contribution in [-0.4, -0.2) is 41.8 Å². The Balaban J connectivity index is 2.25. The highest BCUT2D eigenvalue weighted by Crippen LogP contribution is 2.41. The zero-order chi connectivity index (χ0) is 12.6. The lowest BCUT2D eigenvalue weighted by Crippen LogP contribution is -2.60. The van der Waals surface area contributed by atoms with Crippen LogP contribution in [0.5, 0.6) is 0 Å². The Morgan fingerprint density at radius 1 is 1.35 bits per heavy atom. The van der Waals surface area contributed by atoms with Gasteiger partial charge in [0, 0.05) is 19.1 Å². The van der Waals surface area contributed by atoms with E-state index in [4.69, 9.17) is 0 Å². The quantitative estimate of drug-likeness (QED) is 0.681. The molecule has 17 heavy (non-hydrogen) atoms. The predicted octanol–water partition coefficient (Wildman–Crippen LogP) is 2.01.